The van der Waals surface area contributed by atoms with Crippen molar-refractivity contribution in [3.05, 3.63) is 35.4 Å². The summed E-state index contributed by atoms with van der Waals surface area (Å²) < 4.78 is 50.7. The lowest BCUT2D eigenvalue weighted by Gasteiger charge is -2.27. The number of rotatable bonds is 2. The van der Waals surface area contributed by atoms with Crippen molar-refractivity contribution in [2.24, 2.45) is 5.92 Å². The van der Waals surface area contributed by atoms with Gasteiger partial charge in [-0.1, -0.05) is 0 Å². The van der Waals surface area contributed by atoms with Gasteiger partial charge in [0, 0.05) is 5.92 Å². The summed E-state index contributed by atoms with van der Waals surface area (Å²) in [7, 11) is -3.12. The molecule has 2 fully saturated rings. The first kappa shape index (κ1) is 13.7. The summed E-state index contributed by atoms with van der Waals surface area (Å²) >= 11 is 0. The third kappa shape index (κ3) is 2.06. The molecule has 1 aromatic rings. The van der Waals surface area contributed by atoms with E-state index in [0.29, 0.717) is 12.8 Å². The van der Waals surface area contributed by atoms with Crippen LogP contribution in [0.25, 0.3) is 0 Å². The Balaban J connectivity index is 1.88. The van der Waals surface area contributed by atoms with Gasteiger partial charge in [0.05, 0.1) is 16.1 Å². The Labute approximate surface area is 115 Å². The van der Waals surface area contributed by atoms with Gasteiger partial charge in [0.25, 0.3) is 0 Å². The summed E-state index contributed by atoms with van der Waals surface area (Å²) in [6.07, 6.45) is 1.60. The summed E-state index contributed by atoms with van der Waals surface area (Å²) in [5.41, 5.74) is -0.270. The molecule has 0 saturated carbocycles. The van der Waals surface area contributed by atoms with E-state index in [0.717, 1.165) is 18.2 Å². The van der Waals surface area contributed by atoms with Crippen LogP contribution in [-0.4, -0.2) is 24.7 Å². The average Bonchev–Trinajstić information content (AvgIpc) is 2.59. The van der Waals surface area contributed by atoms with Crippen LogP contribution in [0.4, 0.5) is 8.78 Å². The van der Waals surface area contributed by atoms with Crippen LogP contribution < -0.4 is 0 Å². The number of sulfone groups is 1. The van der Waals surface area contributed by atoms with Crippen LogP contribution in [0.3, 0.4) is 0 Å². The van der Waals surface area contributed by atoms with Crippen molar-refractivity contribution in [1.82, 2.24) is 0 Å². The topological polar surface area (TPSA) is 51.2 Å². The Bertz CT molecular complexity index is 649. The lowest BCUT2D eigenvalue weighted by Crippen LogP contribution is -2.36. The Morgan fingerprint density at radius 2 is 1.70 bits per heavy atom. The first-order chi connectivity index (χ1) is 9.39. The molecule has 2 atom stereocenters. The third-order valence-corrected chi connectivity index (χ3v) is 7.11. The number of hydrogen-bond donors (Lipinski definition) is 0. The van der Waals surface area contributed by atoms with Gasteiger partial charge in [-0.25, -0.2) is 17.2 Å². The fourth-order valence-corrected chi connectivity index (χ4v) is 5.80. The number of ketones is 1. The van der Waals surface area contributed by atoms with E-state index in [1.165, 1.54) is 0 Å². The second-order valence-corrected chi connectivity index (χ2v) is 8.08. The third-order valence-electron chi connectivity index (χ3n) is 4.40. The van der Waals surface area contributed by atoms with E-state index in [2.05, 4.69) is 0 Å². The van der Waals surface area contributed by atoms with Crippen LogP contribution in [0.15, 0.2) is 18.2 Å². The number of fused-ring (bicyclic) bond motifs is 2. The molecule has 2 unspecified atom stereocenters. The number of halogens is 2. The molecule has 3 rings (SSSR count). The molecule has 2 saturated heterocycles. The van der Waals surface area contributed by atoms with Gasteiger partial charge in [-0.3, -0.25) is 4.79 Å². The van der Waals surface area contributed by atoms with Crippen LogP contribution >= 0.6 is 0 Å². The van der Waals surface area contributed by atoms with Crippen molar-refractivity contribution in [2.75, 3.05) is 0 Å². The zero-order valence-electron chi connectivity index (χ0n) is 10.7. The molecule has 0 aromatic heterocycles. The lowest BCUT2D eigenvalue weighted by atomic mass is 9.90. The summed E-state index contributed by atoms with van der Waals surface area (Å²) in [4.78, 5) is 12.3. The lowest BCUT2D eigenvalue weighted by molar-refractivity contribution is 0.0900. The minimum atomic E-state index is -3.12. The normalized spacial score (nSPS) is 31.2. The molecule has 0 aliphatic carbocycles. The van der Waals surface area contributed by atoms with Gasteiger partial charge in [-0.15, -0.1) is 0 Å². The fourth-order valence-electron chi connectivity index (χ4n) is 3.33. The van der Waals surface area contributed by atoms with E-state index in [1.807, 2.05) is 0 Å². The minimum Gasteiger partial charge on any atom is -0.294 e. The highest BCUT2D eigenvalue weighted by molar-refractivity contribution is 7.93. The molecule has 2 aliphatic rings. The van der Waals surface area contributed by atoms with Gasteiger partial charge in [0.2, 0.25) is 0 Å². The van der Waals surface area contributed by atoms with Gasteiger partial charge in [-0.05, 0) is 43.9 Å². The second kappa shape index (κ2) is 4.62. The standard InChI is InChI=1S/C14H14F2O3S/c15-9-1-4-13(16)12(7-9)14(17)8-5-10-2-3-11(6-8)20(10,18)19/h1,4,7-8,10-11H,2-3,5-6H2. The number of Topliss-reactive ketones (excluding diaryl/α,β-unsaturated/α-hetero) is 1. The molecule has 3 nitrogen and oxygen atoms in total. The molecule has 2 aliphatic heterocycles. The highest BCUT2D eigenvalue weighted by Crippen LogP contribution is 2.42. The van der Waals surface area contributed by atoms with Gasteiger partial charge in [0.1, 0.15) is 11.6 Å². The molecule has 2 heterocycles. The van der Waals surface area contributed by atoms with E-state index in [4.69, 9.17) is 0 Å². The number of hydrogen-bond acceptors (Lipinski definition) is 3. The maximum Gasteiger partial charge on any atom is 0.169 e. The molecule has 1 aromatic carbocycles. The van der Waals surface area contributed by atoms with E-state index in [-0.39, 0.29) is 18.4 Å². The Morgan fingerprint density at radius 3 is 2.30 bits per heavy atom. The Hall–Kier alpha value is -1.30. The van der Waals surface area contributed by atoms with E-state index in [1.54, 1.807) is 0 Å². The largest absolute Gasteiger partial charge is 0.294 e. The Kier molecular flexibility index (Phi) is 3.16. The fraction of sp³-hybridized carbons (Fsp3) is 0.500. The maximum atomic E-state index is 13.6. The van der Waals surface area contributed by atoms with Gasteiger partial charge in [-0.2, -0.15) is 0 Å². The minimum absolute atomic E-state index is 0.230. The van der Waals surface area contributed by atoms with Crippen molar-refractivity contribution in [1.29, 1.82) is 0 Å². The SMILES string of the molecule is O=C(c1cc(F)ccc1F)C1CC2CCC(C1)S2(=O)=O. The number of carbonyl (C=O) groups excluding carboxylic acids is 1. The van der Waals surface area contributed by atoms with Crippen molar-refractivity contribution in [3.63, 3.8) is 0 Å². The van der Waals surface area contributed by atoms with Crippen LogP contribution in [0.2, 0.25) is 0 Å². The maximum absolute atomic E-state index is 13.6. The molecule has 108 valence electrons. The predicted octanol–water partition coefficient (Wildman–Crippen LogP) is 2.50. The molecule has 0 N–H and O–H groups in total. The highest BCUT2D eigenvalue weighted by atomic mass is 32.2. The first-order valence-corrected chi connectivity index (χ1v) is 8.22. The zero-order chi connectivity index (χ0) is 14.5. The van der Waals surface area contributed by atoms with E-state index >= 15 is 0 Å². The van der Waals surface area contributed by atoms with Gasteiger partial charge in [0.15, 0.2) is 15.6 Å². The van der Waals surface area contributed by atoms with Crippen molar-refractivity contribution >= 4 is 15.6 Å². The Morgan fingerprint density at radius 1 is 1.10 bits per heavy atom. The van der Waals surface area contributed by atoms with Crippen LogP contribution in [-0.2, 0) is 9.84 Å². The van der Waals surface area contributed by atoms with Gasteiger partial charge < -0.3 is 0 Å². The summed E-state index contributed by atoms with van der Waals surface area (Å²) in [5.74, 6) is -2.42. The van der Waals surface area contributed by atoms with Crippen LogP contribution in [0, 0.1) is 17.6 Å². The van der Waals surface area contributed by atoms with Crippen molar-refractivity contribution < 1.29 is 22.0 Å². The highest BCUT2D eigenvalue weighted by Gasteiger charge is 2.48. The monoisotopic (exact) mass is 300 g/mol. The zero-order valence-corrected chi connectivity index (χ0v) is 11.5. The quantitative estimate of drug-likeness (QED) is 0.789. The molecule has 2 bridgehead atoms. The van der Waals surface area contributed by atoms with E-state index in [9.17, 15) is 22.0 Å². The van der Waals surface area contributed by atoms with Crippen LogP contribution in [0.1, 0.15) is 36.0 Å². The summed E-state index contributed by atoms with van der Waals surface area (Å²) in [6, 6.07) is 2.78. The second-order valence-electron chi connectivity index (χ2n) is 5.57. The summed E-state index contributed by atoms with van der Waals surface area (Å²) in [5, 5.41) is -0.987. The summed E-state index contributed by atoms with van der Waals surface area (Å²) in [6.45, 7) is 0. The molecular formula is C14H14F2O3S. The molecule has 0 amide bonds. The molecule has 0 radical (unpaired) electrons. The molecular weight excluding hydrogens is 286 g/mol. The van der Waals surface area contributed by atoms with Gasteiger partial charge >= 0.3 is 0 Å². The van der Waals surface area contributed by atoms with Crippen LogP contribution in [0.5, 0.6) is 0 Å². The average molecular weight is 300 g/mol. The predicted molar refractivity (Wildman–Crippen MR) is 69.1 cm³/mol. The van der Waals surface area contributed by atoms with Crippen molar-refractivity contribution in [2.45, 2.75) is 36.2 Å². The number of carbonyl (C=O) groups is 1. The first-order valence-electron chi connectivity index (χ1n) is 6.61. The molecule has 6 heteroatoms. The number of benzene rings is 1. The molecule has 20 heavy (non-hydrogen) atoms. The van der Waals surface area contributed by atoms with E-state index < -0.39 is 43.7 Å². The van der Waals surface area contributed by atoms with Crippen molar-refractivity contribution in [3.8, 4) is 0 Å². The molecule has 0 spiro atoms. The smallest absolute Gasteiger partial charge is 0.169 e.